The van der Waals surface area contributed by atoms with Gasteiger partial charge in [0, 0.05) is 13.1 Å². The third kappa shape index (κ3) is 7.34. The van der Waals surface area contributed by atoms with Crippen LogP contribution in [0.1, 0.15) is 20.3 Å². The van der Waals surface area contributed by atoms with E-state index in [1.165, 1.54) is 0 Å². The number of hydrogen-bond donors (Lipinski definition) is 2. The van der Waals surface area contributed by atoms with Crippen molar-refractivity contribution in [2.45, 2.75) is 20.3 Å². The van der Waals surface area contributed by atoms with Crippen LogP contribution in [0, 0.1) is 0 Å². The third-order valence-electron chi connectivity index (χ3n) is 1.05. The Bertz CT molecular complexity index is 159. The molecule has 0 unspecified atom stereocenters. The lowest BCUT2D eigenvalue weighted by atomic mass is 10.4. The number of aliphatic imine (C=N–C) groups is 1. The number of rotatable bonds is 4. The van der Waals surface area contributed by atoms with Crippen molar-refractivity contribution in [2.24, 2.45) is 4.99 Å². The fourth-order valence-electron chi connectivity index (χ4n) is 0.712. The van der Waals surface area contributed by atoms with Crippen molar-refractivity contribution in [1.82, 2.24) is 5.32 Å². The normalized spacial score (nSPS) is 10.3. The molecule has 0 spiro atoms. The van der Waals surface area contributed by atoms with Crippen LogP contribution >= 0.6 is 12.4 Å². The molecule has 5 heteroatoms. The summed E-state index contributed by atoms with van der Waals surface area (Å²) >= 11 is 0. The van der Waals surface area contributed by atoms with Gasteiger partial charge in [-0.2, -0.15) is 0 Å². The molecule has 2 N–H and O–H groups in total. The van der Waals surface area contributed by atoms with Crippen molar-refractivity contribution in [3.63, 3.8) is 0 Å². The van der Waals surface area contributed by atoms with Crippen LogP contribution in [0.4, 0.5) is 0 Å². The van der Waals surface area contributed by atoms with Gasteiger partial charge in [-0.25, -0.2) is 0 Å². The summed E-state index contributed by atoms with van der Waals surface area (Å²) in [5.41, 5.74) is 0. The fourth-order valence-corrected chi connectivity index (χ4v) is 0.712. The molecule has 0 aromatic carbocycles. The van der Waals surface area contributed by atoms with Crippen molar-refractivity contribution < 1.29 is 9.90 Å². The summed E-state index contributed by atoms with van der Waals surface area (Å²) in [5, 5.41) is 11.3. The lowest BCUT2D eigenvalue weighted by molar-refractivity contribution is -0.135. The summed E-state index contributed by atoms with van der Waals surface area (Å²) in [6.45, 7) is 5.12. The van der Waals surface area contributed by atoms with Gasteiger partial charge in [0.15, 0.2) is 0 Å². The van der Waals surface area contributed by atoms with Gasteiger partial charge in [0.1, 0.15) is 12.3 Å². The molecule has 0 rings (SSSR count). The Balaban J connectivity index is 0. The smallest absolute Gasteiger partial charge is 0.310 e. The molecule has 0 aliphatic heterocycles. The van der Waals surface area contributed by atoms with Gasteiger partial charge in [0.25, 0.3) is 0 Å². The molecule has 4 nitrogen and oxygen atoms in total. The summed E-state index contributed by atoms with van der Waals surface area (Å²) in [4.78, 5) is 14.2. The number of carbonyl (C=O) groups is 1. The van der Waals surface area contributed by atoms with Crippen LogP contribution in [-0.4, -0.2) is 30.0 Å². The molecule has 0 aromatic heterocycles. The largest absolute Gasteiger partial charge is 0.481 e. The SMILES string of the molecule is CC/N=C(\CC(=O)O)NCC.Cl. The molecule has 0 radical (unpaired) electrons. The molecule has 0 atom stereocenters. The molecule has 0 saturated carbocycles. The van der Waals surface area contributed by atoms with Gasteiger partial charge in [-0.05, 0) is 13.8 Å². The van der Waals surface area contributed by atoms with Crippen LogP contribution in [0.2, 0.25) is 0 Å². The highest BCUT2D eigenvalue weighted by Crippen LogP contribution is 1.83. The molecule has 12 heavy (non-hydrogen) atoms. The predicted molar refractivity (Wildman–Crippen MR) is 51.2 cm³/mol. The van der Waals surface area contributed by atoms with Gasteiger partial charge >= 0.3 is 5.97 Å². The zero-order valence-corrected chi connectivity index (χ0v) is 8.15. The summed E-state index contributed by atoms with van der Waals surface area (Å²) < 4.78 is 0. The Labute approximate surface area is 78.5 Å². The van der Waals surface area contributed by atoms with E-state index in [1.807, 2.05) is 13.8 Å². The fraction of sp³-hybridized carbons (Fsp3) is 0.714. The molecule has 0 bridgehead atoms. The van der Waals surface area contributed by atoms with E-state index in [0.29, 0.717) is 18.9 Å². The molecule has 72 valence electrons. The van der Waals surface area contributed by atoms with Crippen LogP contribution in [0.3, 0.4) is 0 Å². The van der Waals surface area contributed by atoms with E-state index in [4.69, 9.17) is 5.11 Å². The van der Waals surface area contributed by atoms with Gasteiger partial charge in [-0.15, -0.1) is 12.4 Å². The molecule has 0 saturated heterocycles. The van der Waals surface area contributed by atoms with Crippen molar-refractivity contribution in [1.29, 1.82) is 0 Å². The maximum atomic E-state index is 10.2. The Hall–Kier alpha value is -0.770. The topological polar surface area (TPSA) is 61.7 Å². The van der Waals surface area contributed by atoms with Crippen molar-refractivity contribution >= 4 is 24.2 Å². The number of aliphatic carboxylic acids is 1. The first kappa shape index (κ1) is 13.8. The standard InChI is InChI=1S/C7H14N2O2.ClH/c1-3-8-6(9-4-2)5-7(10)11;/h3-5H2,1-2H3,(H,8,9)(H,10,11);1H. The summed E-state index contributed by atoms with van der Waals surface area (Å²) in [5.74, 6) is -0.291. The highest BCUT2D eigenvalue weighted by Gasteiger charge is 2.02. The summed E-state index contributed by atoms with van der Waals surface area (Å²) in [6, 6.07) is 0. The second kappa shape index (κ2) is 8.33. The first-order chi connectivity index (χ1) is 5.20. The second-order valence-corrected chi connectivity index (χ2v) is 2.02. The van der Waals surface area contributed by atoms with E-state index in [2.05, 4.69) is 10.3 Å². The Kier molecular flexibility index (Phi) is 9.57. The lowest BCUT2D eigenvalue weighted by Crippen LogP contribution is -2.25. The highest BCUT2D eigenvalue weighted by atomic mass is 35.5. The van der Waals surface area contributed by atoms with Gasteiger partial charge in [0.05, 0.1) is 0 Å². The number of carboxylic acids is 1. The summed E-state index contributed by atoms with van der Waals surface area (Å²) in [7, 11) is 0. The summed E-state index contributed by atoms with van der Waals surface area (Å²) in [6.07, 6.45) is -0.0122. The van der Waals surface area contributed by atoms with Crippen LogP contribution < -0.4 is 5.32 Å². The van der Waals surface area contributed by atoms with Crippen molar-refractivity contribution in [3.8, 4) is 0 Å². The number of carboxylic acid groups (broad SMARTS) is 1. The maximum absolute atomic E-state index is 10.2. The van der Waals surface area contributed by atoms with Crippen LogP contribution in [-0.2, 0) is 4.79 Å². The Morgan fingerprint density at radius 2 is 2.08 bits per heavy atom. The number of hydrogen-bond acceptors (Lipinski definition) is 2. The van der Waals surface area contributed by atoms with Gasteiger partial charge in [0.2, 0.25) is 0 Å². The molecule has 0 fully saturated rings. The van der Waals surface area contributed by atoms with Crippen molar-refractivity contribution in [3.05, 3.63) is 0 Å². The predicted octanol–water partition coefficient (Wildman–Crippen LogP) is 0.911. The van der Waals surface area contributed by atoms with Crippen LogP contribution in [0.15, 0.2) is 4.99 Å². The molecule has 0 amide bonds. The zero-order valence-electron chi connectivity index (χ0n) is 7.33. The van der Waals surface area contributed by atoms with E-state index >= 15 is 0 Å². The van der Waals surface area contributed by atoms with E-state index < -0.39 is 5.97 Å². The minimum Gasteiger partial charge on any atom is -0.481 e. The third-order valence-corrected chi connectivity index (χ3v) is 1.05. The Morgan fingerprint density at radius 3 is 2.42 bits per heavy atom. The molecule has 0 heterocycles. The van der Waals surface area contributed by atoms with E-state index in [0.717, 1.165) is 0 Å². The highest BCUT2D eigenvalue weighted by molar-refractivity contribution is 5.96. The minimum atomic E-state index is -0.849. The van der Waals surface area contributed by atoms with Crippen LogP contribution in [0.5, 0.6) is 0 Å². The molecular formula is C7H15ClN2O2. The van der Waals surface area contributed by atoms with Crippen LogP contribution in [0.25, 0.3) is 0 Å². The Morgan fingerprint density at radius 1 is 1.50 bits per heavy atom. The molecule has 0 aliphatic carbocycles. The quantitative estimate of drug-likeness (QED) is 0.517. The molecule has 0 aromatic rings. The molecular weight excluding hydrogens is 180 g/mol. The minimum absolute atomic E-state index is 0. The van der Waals surface area contributed by atoms with Gasteiger partial charge in [-0.1, -0.05) is 0 Å². The van der Waals surface area contributed by atoms with E-state index in [9.17, 15) is 4.79 Å². The second-order valence-electron chi connectivity index (χ2n) is 2.02. The number of nitrogens with zero attached hydrogens (tertiary/aromatic N) is 1. The zero-order chi connectivity index (χ0) is 8.69. The monoisotopic (exact) mass is 194 g/mol. The first-order valence-corrected chi connectivity index (χ1v) is 3.69. The molecule has 0 aliphatic rings. The average Bonchev–Trinajstić information content (AvgIpc) is 1.87. The average molecular weight is 195 g/mol. The van der Waals surface area contributed by atoms with Gasteiger partial charge in [-0.3, -0.25) is 9.79 Å². The number of halogens is 1. The van der Waals surface area contributed by atoms with E-state index in [-0.39, 0.29) is 18.8 Å². The van der Waals surface area contributed by atoms with Gasteiger partial charge < -0.3 is 10.4 Å². The lowest BCUT2D eigenvalue weighted by Gasteiger charge is -2.03. The maximum Gasteiger partial charge on any atom is 0.310 e. The first-order valence-electron chi connectivity index (χ1n) is 3.69. The van der Waals surface area contributed by atoms with E-state index in [1.54, 1.807) is 0 Å². The number of nitrogens with one attached hydrogen (secondary N) is 1. The number of amidine groups is 1. The van der Waals surface area contributed by atoms with Crippen molar-refractivity contribution in [2.75, 3.05) is 13.1 Å².